The van der Waals surface area contributed by atoms with Crippen molar-refractivity contribution in [2.45, 2.75) is 36.5 Å². The van der Waals surface area contributed by atoms with Gasteiger partial charge in [0.1, 0.15) is 0 Å². The Morgan fingerprint density at radius 3 is 1.10 bits per heavy atom. The van der Waals surface area contributed by atoms with Gasteiger partial charge >= 0.3 is 0 Å². The molecule has 3 aromatic carbocycles. The van der Waals surface area contributed by atoms with Crippen molar-refractivity contribution in [3.05, 3.63) is 83.9 Å². The van der Waals surface area contributed by atoms with Gasteiger partial charge in [-0.15, -0.1) is 0 Å². The fourth-order valence-corrected chi connectivity index (χ4v) is 4.96. The Morgan fingerprint density at radius 2 is 0.833 bits per heavy atom. The largest absolute Gasteiger partial charge is 0.280 e. The van der Waals surface area contributed by atoms with Crippen LogP contribution in [0.5, 0.6) is 0 Å². The molecule has 0 fully saturated rings. The fraction of sp³-hybridized carbons (Fsp3) is 0.182. The zero-order chi connectivity index (χ0) is 21.8. The number of aryl methyl sites for hydroxylation is 2. The number of sulfonamides is 2. The summed E-state index contributed by atoms with van der Waals surface area (Å²) in [4.78, 5) is 0.333. The molecule has 0 atom stereocenters. The predicted octanol–water partition coefficient (Wildman–Crippen LogP) is 4.41. The van der Waals surface area contributed by atoms with E-state index in [1.165, 1.54) is 24.3 Å². The summed E-state index contributed by atoms with van der Waals surface area (Å²) in [5, 5.41) is 0. The number of benzene rings is 3. The van der Waals surface area contributed by atoms with Crippen molar-refractivity contribution in [2.24, 2.45) is 0 Å². The van der Waals surface area contributed by atoms with Crippen molar-refractivity contribution in [2.75, 3.05) is 9.44 Å². The molecular weight excluding hydrogens is 420 g/mol. The van der Waals surface area contributed by atoms with Gasteiger partial charge in [0.15, 0.2) is 0 Å². The first kappa shape index (κ1) is 21.9. The molecule has 6 nitrogen and oxygen atoms in total. The van der Waals surface area contributed by atoms with Gasteiger partial charge in [-0.1, -0.05) is 38.1 Å². The van der Waals surface area contributed by atoms with E-state index in [2.05, 4.69) is 9.44 Å². The van der Waals surface area contributed by atoms with E-state index in [0.717, 1.165) is 24.0 Å². The fourth-order valence-electron chi connectivity index (χ4n) is 2.84. The average Bonchev–Trinajstić information content (AvgIpc) is 2.75. The molecule has 0 bridgehead atoms. The Balaban J connectivity index is 1.72. The molecule has 0 spiro atoms. The van der Waals surface area contributed by atoms with Crippen LogP contribution in [0.2, 0.25) is 0 Å². The first-order valence-corrected chi connectivity index (χ1v) is 12.5. The lowest BCUT2D eigenvalue weighted by atomic mass is 10.2. The van der Waals surface area contributed by atoms with Gasteiger partial charge in [0.05, 0.1) is 9.79 Å². The molecule has 2 N–H and O–H groups in total. The highest BCUT2D eigenvalue weighted by Crippen LogP contribution is 2.21. The van der Waals surface area contributed by atoms with Crippen molar-refractivity contribution in [3.63, 3.8) is 0 Å². The van der Waals surface area contributed by atoms with E-state index >= 15 is 0 Å². The summed E-state index contributed by atoms with van der Waals surface area (Å²) >= 11 is 0. The molecule has 0 saturated carbocycles. The monoisotopic (exact) mass is 444 g/mol. The highest BCUT2D eigenvalue weighted by atomic mass is 32.2. The summed E-state index contributed by atoms with van der Waals surface area (Å²) in [7, 11) is -7.45. The van der Waals surface area contributed by atoms with Gasteiger partial charge in [0, 0.05) is 11.4 Å². The maximum Gasteiger partial charge on any atom is 0.261 e. The second-order valence-corrected chi connectivity index (χ2v) is 10.1. The first-order valence-electron chi connectivity index (χ1n) is 9.57. The minimum atomic E-state index is -3.72. The van der Waals surface area contributed by atoms with Crippen LogP contribution in [0.3, 0.4) is 0 Å². The van der Waals surface area contributed by atoms with Gasteiger partial charge in [0.25, 0.3) is 20.0 Å². The van der Waals surface area contributed by atoms with Gasteiger partial charge < -0.3 is 0 Å². The Hall–Kier alpha value is -2.84. The van der Waals surface area contributed by atoms with E-state index < -0.39 is 20.0 Å². The lowest BCUT2D eigenvalue weighted by molar-refractivity contribution is 0.599. The van der Waals surface area contributed by atoms with Crippen LogP contribution in [0.1, 0.15) is 25.0 Å². The Labute approximate surface area is 178 Å². The van der Waals surface area contributed by atoms with Crippen LogP contribution in [-0.2, 0) is 32.9 Å². The number of anilines is 2. The molecule has 0 amide bonds. The second kappa shape index (κ2) is 8.89. The van der Waals surface area contributed by atoms with Crippen molar-refractivity contribution < 1.29 is 16.8 Å². The second-order valence-electron chi connectivity index (χ2n) is 6.78. The topological polar surface area (TPSA) is 92.3 Å². The van der Waals surface area contributed by atoms with Crippen LogP contribution in [-0.4, -0.2) is 16.8 Å². The molecule has 3 rings (SSSR count). The van der Waals surface area contributed by atoms with E-state index in [0.29, 0.717) is 11.4 Å². The van der Waals surface area contributed by atoms with Crippen LogP contribution in [0.4, 0.5) is 11.4 Å². The lowest BCUT2D eigenvalue weighted by Gasteiger charge is -2.11. The third kappa shape index (κ3) is 5.20. The van der Waals surface area contributed by atoms with Gasteiger partial charge in [-0.25, -0.2) is 16.8 Å². The summed E-state index contributed by atoms with van der Waals surface area (Å²) in [5.41, 5.74) is 2.78. The smallest absolute Gasteiger partial charge is 0.261 e. The summed E-state index contributed by atoms with van der Waals surface area (Å²) in [6, 6.07) is 19.4. The van der Waals surface area contributed by atoms with Gasteiger partial charge in [-0.05, 0) is 72.5 Å². The molecule has 0 aliphatic heterocycles. The number of hydrogen-bond acceptors (Lipinski definition) is 4. The zero-order valence-corrected chi connectivity index (χ0v) is 18.4. The van der Waals surface area contributed by atoms with Crippen LogP contribution in [0.15, 0.2) is 82.6 Å². The van der Waals surface area contributed by atoms with Crippen molar-refractivity contribution >= 4 is 31.4 Å². The molecule has 0 aliphatic rings. The van der Waals surface area contributed by atoms with Crippen LogP contribution in [0.25, 0.3) is 0 Å². The maximum atomic E-state index is 12.5. The Bertz CT molecular complexity index is 1100. The minimum Gasteiger partial charge on any atom is -0.280 e. The number of hydrogen-bond donors (Lipinski definition) is 2. The van der Waals surface area contributed by atoms with Gasteiger partial charge in [-0.3, -0.25) is 9.44 Å². The molecule has 0 radical (unpaired) electrons. The van der Waals surface area contributed by atoms with Gasteiger partial charge in [-0.2, -0.15) is 0 Å². The molecule has 0 saturated heterocycles. The van der Waals surface area contributed by atoms with Crippen molar-refractivity contribution in [3.8, 4) is 0 Å². The molecule has 3 aromatic rings. The molecule has 0 unspecified atom stereocenters. The summed E-state index contributed by atoms with van der Waals surface area (Å²) < 4.78 is 55.1. The van der Waals surface area contributed by atoms with E-state index in [1.54, 1.807) is 48.5 Å². The van der Waals surface area contributed by atoms with E-state index in [4.69, 9.17) is 0 Å². The summed E-state index contributed by atoms with van der Waals surface area (Å²) in [5.74, 6) is 0. The first-order chi connectivity index (χ1) is 14.2. The van der Waals surface area contributed by atoms with Crippen LogP contribution < -0.4 is 9.44 Å². The van der Waals surface area contributed by atoms with Gasteiger partial charge in [0.2, 0.25) is 0 Å². The SMILES string of the molecule is CCc1ccc(S(=O)(=O)Nc2ccc(NS(=O)(=O)c3ccc(CC)cc3)cc2)cc1. The number of nitrogens with one attached hydrogen (secondary N) is 2. The summed E-state index contributed by atoms with van der Waals surface area (Å²) in [6.07, 6.45) is 1.65. The number of rotatable bonds is 8. The van der Waals surface area contributed by atoms with E-state index in [9.17, 15) is 16.8 Å². The molecule has 0 aromatic heterocycles. The van der Waals surface area contributed by atoms with Crippen LogP contribution >= 0.6 is 0 Å². The standard InChI is InChI=1S/C22H24N2O4S2/c1-3-17-5-13-21(14-6-17)29(25,26)23-19-9-11-20(12-10-19)24-30(27,28)22-15-7-18(4-2)8-16-22/h5-16,23-24H,3-4H2,1-2H3. The average molecular weight is 445 g/mol. The quantitative estimate of drug-likeness (QED) is 0.538. The molecule has 8 heteroatoms. The predicted molar refractivity (Wildman–Crippen MR) is 120 cm³/mol. The van der Waals surface area contributed by atoms with Crippen LogP contribution in [0, 0.1) is 0 Å². The lowest BCUT2D eigenvalue weighted by Crippen LogP contribution is -2.14. The van der Waals surface area contributed by atoms with E-state index in [1.807, 2.05) is 13.8 Å². The maximum absolute atomic E-state index is 12.5. The minimum absolute atomic E-state index is 0.167. The molecule has 0 aliphatic carbocycles. The molecule has 30 heavy (non-hydrogen) atoms. The Kier molecular flexibility index (Phi) is 6.48. The third-order valence-corrected chi connectivity index (χ3v) is 7.47. The van der Waals surface area contributed by atoms with E-state index in [-0.39, 0.29) is 9.79 Å². The Morgan fingerprint density at radius 1 is 0.533 bits per heavy atom. The molecule has 158 valence electrons. The zero-order valence-electron chi connectivity index (χ0n) is 16.8. The highest BCUT2D eigenvalue weighted by molar-refractivity contribution is 7.93. The van der Waals surface area contributed by atoms with Crippen molar-refractivity contribution in [1.29, 1.82) is 0 Å². The summed E-state index contributed by atoms with van der Waals surface area (Å²) in [6.45, 7) is 4.00. The van der Waals surface area contributed by atoms with Crippen molar-refractivity contribution in [1.82, 2.24) is 0 Å². The normalized spacial score (nSPS) is 11.8. The molecule has 0 heterocycles. The highest BCUT2D eigenvalue weighted by Gasteiger charge is 2.16. The third-order valence-electron chi connectivity index (χ3n) is 4.67. The molecular formula is C22H24N2O4S2.